The van der Waals surface area contributed by atoms with Crippen molar-refractivity contribution in [2.75, 3.05) is 32.8 Å². The lowest BCUT2D eigenvalue weighted by atomic mass is 9.97. The zero-order chi connectivity index (χ0) is 33.7. The Kier molecular flexibility index (Phi) is 11.9. The summed E-state index contributed by atoms with van der Waals surface area (Å²) in [6.07, 6.45) is -14.0. The van der Waals surface area contributed by atoms with Crippen LogP contribution in [0, 0.1) is 0 Å². The first-order valence-electron chi connectivity index (χ1n) is 11.5. The largest absolute Gasteiger partial charge is 0.492 e. The van der Waals surface area contributed by atoms with Gasteiger partial charge in [0.05, 0.1) is 13.1 Å². The molecule has 1 atom stereocenters. The fraction of sp³-hybridized carbons (Fsp3) is 0.636. The van der Waals surface area contributed by atoms with Gasteiger partial charge in [-0.1, -0.05) is 12.1 Å². The molecule has 0 saturated carbocycles. The van der Waals surface area contributed by atoms with Gasteiger partial charge in [0.1, 0.15) is 18.9 Å². The van der Waals surface area contributed by atoms with E-state index in [1.165, 1.54) is 19.1 Å². The van der Waals surface area contributed by atoms with Crippen molar-refractivity contribution in [3.63, 3.8) is 0 Å². The van der Waals surface area contributed by atoms with Crippen LogP contribution in [-0.4, -0.2) is 97.0 Å². The number of ether oxygens (including phenoxy) is 2. The molecule has 0 spiro atoms. The summed E-state index contributed by atoms with van der Waals surface area (Å²) >= 11 is 0. The lowest BCUT2D eigenvalue weighted by molar-refractivity contribution is -0.422. The van der Waals surface area contributed by atoms with Crippen LogP contribution in [0.3, 0.4) is 0 Å². The molecule has 7 nitrogen and oxygen atoms in total. The number of carbonyl (C=O) groups excluding carboxylic acids is 1. The predicted molar refractivity (Wildman–Crippen MR) is 116 cm³/mol. The number of nitrogens with one attached hydrogen (secondary N) is 1. The number of nitrogens with zero attached hydrogens (tertiary/aromatic N) is 1. The lowest BCUT2D eigenvalue weighted by Crippen LogP contribution is -2.68. The smallest absolute Gasteiger partial charge is 0.460 e. The van der Waals surface area contributed by atoms with Crippen LogP contribution in [-0.2, 0) is 16.0 Å². The van der Waals surface area contributed by atoms with Crippen molar-refractivity contribution in [2.45, 2.75) is 55.5 Å². The van der Waals surface area contributed by atoms with Crippen LogP contribution in [0.5, 0.6) is 5.75 Å². The zero-order valence-corrected chi connectivity index (χ0v) is 21.4. The Morgan fingerprint density at radius 3 is 1.84 bits per heavy atom. The molecule has 0 heterocycles. The number of rotatable bonds is 15. The van der Waals surface area contributed by atoms with Gasteiger partial charge in [0.15, 0.2) is 6.10 Å². The molecule has 0 aliphatic carbocycles. The van der Waals surface area contributed by atoms with Crippen molar-refractivity contribution >= 4 is 12.0 Å². The first-order valence-corrected chi connectivity index (χ1v) is 11.5. The molecule has 2 amide bonds. The molecule has 1 unspecified atom stereocenters. The average Bonchev–Trinajstić information content (AvgIpc) is 2.85. The van der Waals surface area contributed by atoms with Crippen molar-refractivity contribution in [2.24, 2.45) is 0 Å². The molecule has 0 bridgehead atoms. The number of hydrogen-bond donors (Lipinski definition) is 2. The quantitative estimate of drug-likeness (QED) is 0.233. The van der Waals surface area contributed by atoms with Gasteiger partial charge in [-0.15, -0.1) is 0 Å². The summed E-state index contributed by atoms with van der Waals surface area (Å²) < 4.78 is 194. The molecule has 0 aromatic heterocycles. The van der Waals surface area contributed by atoms with Gasteiger partial charge >= 0.3 is 48.0 Å². The van der Waals surface area contributed by atoms with Crippen molar-refractivity contribution in [3.05, 3.63) is 29.8 Å². The summed E-state index contributed by atoms with van der Waals surface area (Å²) in [6.45, 7) is -6.17. The van der Waals surface area contributed by atoms with Crippen molar-refractivity contribution in [3.8, 4) is 5.75 Å². The summed E-state index contributed by atoms with van der Waals surface area (Å²) in [5, 5.41) is 10.0. The second kappa shape index (κ2) is 13.6. The number of urea groups is 1. The van der Waals surface area contributed by atoms with Gasteiger partial charge in [-0.25, -0.2) is 9.59 Å². The first-order chi connectivity index (χ1) is 19.3. The number of benzene rings is 1. The summed E-state index contributed by atoms with van der Waals surface area (Å²) in [7, 11) is 0. The minimum atomic E-state index is -7.78. The van der Waals surface area contributed by atoms with E-state index in [0.717, 1.165) is 17.4 Å². The van der Waals surface area contributed by atoms with Crippen LogP contribution >= 0.6 is 0 Å². The zero-order valence-electron chi connectivity index (χ0n) is 21.4. The first kappa shape index (κ1) is 37.8. The number of amides is 2. The van der Waals surface area contributed by atoms with Gasteiger partial charge in [0, 0.05) is 13.0 Å². The van der Waals surface area contributed by atoms with E-state index in [-0.39, 0.29) is 18.8 Å². The highest BCUT2D eigenvalue weighted by Crippen LogP contribution is 2.57. The summed E-state index contributed by atoms with van der Waals surface area (Å²) in [5.41, 5.74) is 0.361. The standard InChI is InChI=1S/C22H22F14N2O5/c1-2-42-14(15(39)40)9-12-3-5-13(6-4-12)43-8-7-38(16(41)37-10-18(25,26)27)11-17(23,24)19(28,29)20(30,31)21(32,33)22(34,35)36/h3-6,14H,2,7-11H2,1H3,(H,37,41)(H,39,40). The highest BCUT2D eigenvalue weighted by molar-refractivity contribution is 5.74. The third-order valence-corrected chi connectivity index (χ3v) is 5.34. The van der Waals surface area contributed by atoms with E-state index in [9.17, 15) is 71.1 Å². The van der Waals surface area contributed by atoms with E-state index in [2.05, 4.69) is 0 Å². The molecule has 0 saturated heterocycles. The molecule has 0 radical (unpaired) electrons. The molecule has 43 heavy (non-hydrogen) atoms. The number of hydrogen-bond acceptors (Lipinski definition) is 4. The van der Waals surface area contributed by atoms with Crippen LogP contribution in [0.1, 0.15) is 12.5 Å². The topological polar surface area (TPSA) is 88.1 Å². The molecular weight excluding hydrogens is 638 g/mol. The van der Waals surface area contributed by atoms with Crippen LogP contribution in [0.4, 0.5) is 66.3 Å². The molecule has 0 fully saturated rings. The van der Waals surface area contributed by atoms with Gasteiger partial charge in [0.25, 0.3) is 0 Å². The predicted octanol–water partition coefficient (Wildman–Crippen LogP) is 5.78. The molecule has 0 aliphatic heterocycles. The molecule has 2 N–H and O–H groups in total. The second-order valence-corrected chi connectivity index (χ2v) is 8.60. The second-order valence-electron chi connectivity index (χ2n) is 8.60. The Labute approximate surface area is 232 Å². The van der Waals surface area contributed by atoms with E-state index in [4.69, 9.17) is 14.6 Å². The number of carbonyl (C=O) groups is 2. The number of carboxylic acid groups (broad SMARTS) is 1. The SMILES string of the molecule is CCOC(Cc1ccc(OCCN(CC(F)(F)C(F)(F)C(F)(F)C(F)(F)C(F)(F)F)C(=O)NCC(F)(F)F)cc1)C(=O)O. The molecule has 1 aromatic carbocycles. The Balaban J connectivity index is 3.15. The van der Waals surface area contributed by atoms with Crippen LogP contribution in [0.25, 0.3) is 0 Å². The van der Waals surface area contributed by atoms with Gasteiger partial charge in [0.2, 0.25) is 0 Å². The molecular formula is C22H22F14N2O5. The number of halogens is 14. The van der Waals surface area contributed by atoms with Crippen molar-refractivity contribution < 1.29 is 85.6 Å². The van der Waals surface area contributed by atoms with E-state index in [1.807, 2.05) is 0 Å². The maximum atomic E-state index is 14.2. The van der Waals surface area contributed by atoms with Gasteiger partial charge in [-0.3, -0.25) is 0 Å². The Morgan fingerprint density at radius 2 is 1.40 bits per heavy atom. The fourth-order valence-electron chi connectivity index (χ4n) is 3.11. The Bertz CT molecular complexity index is 1080. The van der Waals surface area contributed by atoms with Gasteiger partial charge < -0.3 is 24.8 Å². The minimum Gasteiger partial charge on any atom is -0.492 e. The summed E-state index contributed by atoms with van der Waals surface area (Å²) in [6, 6.07) is 2.55. The molecule has 21 heteroatoms. The van der Waals surface area contributed by atoms with Crippen LogP contribution in [0.2, 0.25) is 0 Å². The third-order valence-electron chi connectivity index (χ3n) is 5.34. The molecule has 1 aromatic rings. The van der Waals surface area contributed by atoms with E-state index in [0.29, 0.717) is 5.56 Å². The highest BCUT2D eigenvalue weighted by Gasteiger charge is 2.87. The number of aliphatic carboxylic acids is 1. The van der Waals surface area contributed by atoms with E-state index >= 15 is 0 Å². The number of carboxylic acids is 1. The highest BCUT2D eigenvalue weighted by atomic mass is 19.4. The molecule has 0 aliphatic rings. The Morgan fingerprint density at radius 1 is 0.860 bits per heavy atom. The van der Waals surface area contributed by atoms with E-state index < -0.39 is 85.3 Å². The number of alkyl halides is 14. The van der Waals surface area contributed by atoms with Crippen LogP contribution < -0.4 is 10.1 Å². The normalized spacial score (nSPS) is 14.3. The Hall–Kier alpha value is -3.26. The maximum absolute atomic E-state index is 14.2. The van der Waals surface area contributed by atoms with Crippen LogP contribution in [0.15, 0.2) is 24.3 Å². The van der Waals surface area contributed by atoms with E-state index in [1.54, 1.807) is 0 Å². The fourth-order valence-corrected chi connectivity index (χ4v) is 3.11. The lowest BCUT2D eigenvalue weighted by Gasteiger charge is -2.38. The summed E-state index contributed by atoms with van der Waals surface area (Å²) in [4.78, 5) is 22.5. The average molecular weight is 660 g/mol. The minimum absolute atomic E-state index is 0.0542. The van der Waals surface area contributed by atoms with Gasteiger partial charge in [-0.05, 0) is 24.6 Å². The molecule has 1 rings (SSSR count). The summed E-state index contributed by atoms with van der Waals surface area (Å²) in [5.74, 6) is -31.0. The maximum Gasteiger partial charge on any atom is 0.460 e. The third kappa shape index (κ3) is 9.36. The van der Waals surface area contributed by atoms with Crippen molar-refractivity contribution in [1.29, 1.82) is 0 Å². The van der Waals surface area contributed by atoms with Crippen molar-refractivity contribution in [1.82, 2.24) is 10.2 Å². The molecule has 248 valence electrons. The van der Waals surface area contributed by atoms with Gasteiger partial charge in [-0.2, -0.15) is 61.5 Å². The monoisotopic (exact) mass is 660 g/mol.